The summed E-state index contributed by atoms with van der Waals surface area (Å²) in [6.07, 6.45) is 4.04. The van der Waals surface area contributed by atoms with Crippen molar-refractivity contribution in [1.29, 1.82) is 0 Å². The minimum atomic E-state index is 1.21. The molecule has 1 heteroatoms. The Kier molecular flexibility index (Phi) is 2.84. The average molecular weight is 261 g/mol. The minimum absolute atomic E-state index is 1.21. The Hall–Kier alpha value is -2.02. The SMILES string of the molecule is c1ccc2cc3cc(N4CCCCC4)ccc3cc2c1. The van der Waals surface area contributed by atoms with Crippen LogP contribution in [0.5, 0.6) is 0 Å². The quantitative estimate of drug-likeness (QED) is 0.558. The average Bonchev–Trinajstić information content (AvgIpc) is 2.53. The Bertz CT molecular complexity index is 754. The van der Waals surface area contributed by atoms with E-state index in [9.17, 15) is 0 Å². The predicted octanol–water partition coefficient (Wildman–Crippen LogP) is 4.98. The van der Waals surface area contributed by atoms with Crippen molar-refractivity contribution in [2.75, 3.05) is 18.0 Å². The van der Waals surface area contributed by atoms with E-state index in [1.807, 2.05) is 0 Å². The summed E-state index contributed by atoms with van der Waals surface area (Å²) < 4.78 is 0. The Morgan fingerprint density at radius 1 is 0.600 bits per heavy atom. The fourth-order valence-electron chi connectivity index (χ4n) is 3.28. The van der Waals surface area contributed by atoms with Gasteiger partial charge in [0.25, 0.3) is 0 Å². The maximum Gasteiger partial charge on any atom is 0.0372 e. The summed E-state index contributed by atoms with van der Waals surface area (Å²) >= 11 is 0. The number of anilines is 1. The van der Waals surface area contributed by atoms with Gasteiger partial charge in [-0.1, -0.05) is 30.3 Å². The monoisotopic (exact) mass is 261 g/mol. The molecule has 20 heavy (non-hydrogen) atoms. The Morgan fingerprint density at radius 3 is 2.00 bits per heavy atom. The van der Waals surface area contributed by atoms with Crippen LogP contribution in [0.3, 0.4) is 0 Å². The van der Waals surface area contributed by atoms with Gasteiger partial charge in [0.2, 0.25) is 0 Å². The third-order valence-corrected chi connectivity index (χ3v) is 4.41. The molecule has 0 radical (unpaired) electrons. The van der Waals surface area contributed by atoms with Gasteiger partial charge in [0.05, 0.1) is 0 Å². The first-order chi connectivity index (χ1) is 9.90. The van der Waals surface area contributed by atoms with E-state index in [4.69, 9.17) is 0 Å². The highest BCUT2D eigenvalue weighted by Gasteiger charge is 2.11. The fraction of sp³-hybridized carbons (Fsp3) is 0.263. The first-order valence-electron chi connectivity index (χ1n) is 7.58. The zero-order chi connectivity index (χ0) is 13.4. The minimum Gasteiger partial charge on any atom is -0.372 e. The van der Waals surface area contributed by atoms with Gasteiger partial charge < -0.3 is 4.90 Å². The predicted molar refractivity (Wildman–Crippen MR) is 87.5 cm³/mol. The van der Waals surface area contributed by atoms with E-state index >= 15 is 0 Å². The van der Waals surface area contributed by atoms with Gasteiger partial charge in [-0.25, -0.2) is 0 Å². The van der Waals surface area contributed by atoms with Crippen molar-refractivity contribution in [3.05, 3.63) is 54.6 Å². The van der Waals surface area contributed by atoms with Crippen LogP contribution in [0.2, 0.25) is 0 Å². The molecule has 3 aromatic rings. The van der Waals surface area contributed by atoms with Crippen molar-refractivity contribution in [2.24, 2.45) is 0 Å². The molecule has 1 fully saturated rings. The van der Waals surface area contributed by atoms with Gasteiger partial charge in [-0.3, -0.25) is 0 Å². The largest absolute Gasteiger partial charge is 0.372 e. The van der Waals surface area contributed by atoms with E-state index in [2.05, 4.69) is 59.5 Å². The standard InChI is InChI=1S/C19H19N/c1-4-10-20(11-5-1)19-9-8-17-12-15-6-2-3-7-16(15)13-18(17)14-19/h2-3,6-9,12-14H,1,4-5,10-11H2. The molecule has 4 rings (SSSR count). The van der Waals surface area contributed by atoms with Crippen LogP contribution in [-0.4, -0.2) is 13.1 Å². The van der Waals surface area contributed by atoms with Crippen LogP contribution in [0.4, 0.5) is 5.69 Å². The highest BCUT2D eigenvalue weighted by atomic mass is 15.1. The number of benzene rings is 3. The van der Waals surface area contributed by atoms with Gasteiger partial charge in [0, 0.05) is 18.8 Å². The van der Waals surface area contributed by atoms with Crippen molar-refractivity contribution in [1.82, 2.24) is 0 Å². The lowest BCUT2D eigenvalue weighted by Crippen LogP contribution is -2.29. The second-order valence-electron chi connectivity index (χ2n) is 5.78. The summed E-state index contributed by atoms with van der Waals surface area (Å²) in [5, 5.41) is 5.35. The van der Waals surface area contributed by atoms with Crippen LogP contribution in [0.1, 0.15) is 19.3 Å². The van der Waals surface area contributed by atoms with Gasteiger partial charge in [0.1, 0.15) is 0 Å². The maximum absolute atomic E-state index is 2.53. The molecule has 1 nitrogen and oxygen atoms in total. The molecule has 0 spiro atoms. The molecule has 0 bridgehead atoms. The van der Waals surface area contributed by atoms with E-state index in [-0.39, 0.29) is 0 Å². The normalized spacial score (nSPS) is 15.9. The molecule has 0 aliphatic carbocycles. The number of rotatable bonds is 1. The smallest absolute Gasteiger partial charge is 0.0372 e. The Labute approximate surface area is 119 Å². The van der Waals surface area contributed by atoms with Crippen molar-refractivity contribution in [2.45, 2.75) is 19.3 Å². The number of hydrogen-bond acceptors (Lipinski definition) is 1. The highest BCUT2D eigenvalue weighted by Crippen LogP contribution is 2.28. The second-order valence-corrected chi connectivity index (χ2v) is 5.78. The molecule has 3 aromatic carbocycles. The van der Waals surface area contributed by atoms with Crippen LogP contribution in [0.25, 0.3) is 21.5 Å². The van der Waals surface area contributed by atoms with E-state index in [0.29, 0.717) is 0 Å². The number of piperidine rings is 1. The molecule has 0 atom stereocenters. The van der Waals surface area contributed by atoms with Crippen LogP contribution in [0.15, 0.2) is 54.6 Å². The molecular weight excluding hydrogens is 242 g/mol. The third-order valence-electron chi connectivity index (χ3n) is 4.41. The zero-order valence-corrected chi connectivity index (χ0v) is 11.7. The summed E-state index contributed by atoms with van der Waals surface area (Å²) in [6, 6.07) is 20.1. The van der Waals surface area contributed by atoms with Gasteiger partial charge in [0.15, 0.2) is 0 Å². The highest BCUT2D eigenvalue weighted by molar-refractivity contribution is 5.99. The lowest BCUT2D eigenvalue weighted by molar-refractivity contribution is 0.578. The van der Waals surface area contributed by atoms with E-state index in [1.54, 1.807) is 0 Å². The molecule has 1 saturated heterocycles. The zero-order valence-electron chi connectivity index (χ0n) is 11.7. The summed E-state index contributed by atoms with van der Waals surface area (Å²) in [4.78, 5) is 2.53. The molecule has 0 aromatic heterocycles. The molecule has 0 amide bonds. The van der Waals surface area contributed by atoms with Crippen molar-refractivity contribution >= 4 is 27.2 Å². The molecule has 1 heterocycles. The van der Waals surface area contributed by atoms with Gasteiger partial charge in [-0.2, -0.15) is 0 Å². The molecule has 0 unspecified atom stereocenters. The molecule has 1 aliphatic rings. The first kappa shape index (κ1) is 11.8. The number of fused-ring (bicyclic) bond motifs is 2. The van der Waals surface area contributed by atoms with Gasteiger partial charge in [-0.15, -0.1) is 0 Å². The van der Waals surface area contributed by atoms with Gasteiger partial charge >= 0.3 is 0 Å². The summed E-state index contributed by atoms with van der Waals surface area (Å²) in [7, 11) is 0. The topological polar surface area (TPSA) is 3.24 Å². The second kappa shape index (κ2) is 4.82. The molecular formula is C19H19N. The Balaban J connectivity index is 1.83. The Morgan fingerprint density at radius 2 is 1.25 bits per heavy atom. The lowest BCUT2D eigenvalue weighted by atomic mass is 10.0. The fourth-order valence-corrected chi connectivity index (χ4v) is 3.28. The van der Waals surface area contributed by atoms with Crippen molar-refractivity contribution < 1.29 is 0 Å². The molecule has 1 aliphatic heterocycles. The van der Waals surface area contributed by atoms with E-state index in [1.165, 1.54) is 59.6 Å². The maximum atomic E-state index is 2.53. The van der Waals surface area contributed by atoms with Crippen LogP contribution in [0, 0.1) is 0 Å². The van der Waals surface area contributed by atoms with Crippen LogP contribution >= 0.6 is 0 Å². The van der Waals surface area contributed by atoms with Crippen LogP contribution in [-0.2, 0) is 0 Å². The van der Waals surface area contributed by atoms with E-state index < -0.39 is 0 Å². The van der Waals surface area contributed by atoms with Gasteiger partial charge in [-0.05, 0) is 65.1 Å². The first-order valence-corrected chi connectivity index (χ1v) is 7.58. The third kappa shape index (κ3) is 2.03. The van der Waals surface area contributed by atoms with Crippen molar-refractivity contribution in [3.63, 3.8) is 0 Å². The van der Waals surface area contributed by atoms with E-state index in [0.717, 1.165) is 0 Å². The number of hydrogen-bond donors (Lipinski definition) is 0. The number of nitrogens with zero attached hydrogens (tertiary/aromatic N) is 1. The molecule has 100 valence electrons. The molecule has 0 saturated carbocycles. The van der Waals surface area contributed by atoms with Crippen LogP contribution < -0.4 is 4.90 Å². The van der Waals surface area contributed by atoms with Crippen molar-refractivity contribution in [3.8, 4) is 0 Å². The summed E-state index contributed by atoms with van der Waals surface area (Å²) in [5.41, 5.74) is 1.38. The molecule has 0 N–H and O–H groups in total. The summed E-state index contributed by atoms with van der Waals surface area (Å²) in [5.74, 6) is 0. The summed E-state index contributed by atoms with van der Waals surface area (Å²) in [6.45, 7) is 2.41. The lowest BCUT2D eigenvalue weighted by Gasteiger charge is -2.29.